The molecule has 150 valence electrons. The van der Waals surface area contributed by atoms with Crippen LogP contribution in [0.25, 0.3) is 22.5 Å². The summed E-state index contributed by atoms with van der Waals surface area (Å²) in [5.41, 5.74) is 3.82. The summed E-state index contributed by atoms with van der Waals surface area (Å²) in [6, 6.07) is 25.3. The summed E-state index contributed by atoms with van der Waals surface area (Å²) in [7, 11) is 1.62. The van der Waals surface area contributed by atoms with Gasteiger partial charge in [0.2, 0.25) is 17.6 Å². The van der Waals surface area contributed by atoms with Crippen molar-refractivity contribution in [3.63, 3.8) is 0 Å². The Hall–Kier alpha value is -3.93. The molecule has 6 nitrogen and oxygen atoms in total. The van der Waals surface area contributed by atoms with Gasteiger partial charge < -0.3 is 14.6 Å². The minimum Gasteiger partial charge on any atom is -0.497 e. The number of aryl methyl sites for hydroxylation is 1. The van der Waals surface area contributed by atoms with E-state index < -0.39 is 0 Å². The smallest absolute Gasteiger partial charge is 0.227 e. The van der Waals surface area contributed by atoms with E-state index in [0.29, 0.717) is 18.1 Å². The topological polar surface area (TPSA) is 77.2 Å². The number of carbonyl (C=O) groups is 1. The number of nitrogens with one attached hydrogen (secondary N) is 1. The standard InChI is InChI=1S/C24H21N3O3/c1-29-21-13-9-19(10-14-21)24-26-23(30-27-24)16-15-22(28)25-20-11-7-18(8-12-20)17-5-3-2-4-6-17/h2-14H,15-16H2,1H3,(H,25,28). The summed E-state index contributed by atoms with van der Waals surface area (Å²) in [4.78, 5) is 16.6. The fraction of sp³-hybridized carbons (Fsp3) is 0.125. The number of benzene rings is 3. The molecule has 3 aromatic carbocycles. The van der Waals surface area contributed by atoms with E-state index in [1.54, 1.807) is 7.11 Å². The molecule has 4 rings (SSSR count). The van der Waals surface area contributed by atoms with Crippen molar-refractivity contribution in [3.05, 3.63) is 84.8 Å². The average molecular weight is 399 g/mol. The number of ether oxygens (including phenoxy) is 1. The van der Waals surface area contributed by atoms with E-state index in [1.807, 2.05) is 66.7 Å². The van der Waals surface area contributed by atoms with Gasteiger partial charge >= 0.3 is 0 Å². The number of anilines is 1. The van der Waals surface area contributed by atoms with Gasteiger partial charge in [-0.2, -0.15) is 4.98 Å². The Morgan fingerprint density at radius 2 is 1.57 bits per heavy atom. The van der Waals surface area contributed by atoms with E-state index in [2.05, 4.69) is 27.6 Å². The first-order chi connectivity index (χ1) is 14.7. The van der Waals surface area contributed by atoms with Crippen molar-refractivity contribution in [2.75, 3.05) is 12.4 Å². The Morgan fingerprint density at radius 3 is 2.27 bits per heavy atom. The van der Waals surface area contributed by atoms with Crippen LogP contribution in [0, 0.1) is 0 Å². The number of amides is 1. The first-order valence-corrected chi connectivity index (χ1v) is 9.63. The van der Waals surface area contributed by atoms with Gasteiger partial charge in [0, 0.05) is 24.1 Å². The monoisotopic (exact) mass is 399 g/mol. The summed E-state index contributed by atoms with van der Waals surface area (Å²) >= 11 is 0. The van der Waals surface area contributed by atoms with E-state index in [-0.39, 0.29) is 12.3 Å². The zero-order valence-electron chi connectivity index (χ0n) is 16.5. The predicted octanol–water partition coefficient (Wildman–Crippen LogP) is 4.98. The van der Waals surface area contributed by atoms with Gasteiger partial charge in [-0.05, 0) is 47.5 Å². The molecule has 30 heavy (non-hydrogen) atoms. The summed E-state index contributed by atoms with van der Waals surface area (Å²) in [5, 5.41) is 6.88. The van der Waals surface area contributed by atoms with E-state index in [1.165, 1.54) is 0 Å². The Balaban J connectivity index is 1.31. The molecule has 4 aromatic rings. The highest BCUT2D eigenvalue weighted by Crippen LogP contribution is 2.22. The number of hydrogen-bond acceptors (Lipinski definition) is 5. The fourth-order valence-corrected chi connectivity index (χ4v) is 3.03. The van der Waals surface area contributed by atoms with Crippen LogP contribution in [0.3, 0.4) is 0 Å². The van der Waals surface area contributed by atoms with Gasteiger partial charge in [0.05, 0.1) is 7.11 Å². The Labute approximate surface area is 174 Å². The molecular formula is C24H21N3O3. The van der Waals surface area contributed by atoms with E-state index in [0.717, 1.165) is 28.1 Å². The third kappa shape index (κ3) is 4.72. The van der Waals surface area contributed by atoms with Crippen molar-refractivity contribution in [1.29, 1.82) is 0 Å². The quantitative estimate of drug-likeness (QED) is 0.474. The normalized spacial score (nSPS) is 10.6. The lowest BCUT2D eigenvalue weighted by molar-refractivity contribution is -0.116. The zero-order chi connectivity index (χ0) is 20.8. The van der Waals surface area contributed by atoms with Crippen molar-refractivity contribution in [2.45, 2.75) is 12.8 Å². The maximum Gasteiger partial charge on any atom is 0.227 e. The maximum absolute atomic E-state index is 12.3. The molecule has 0 aliphatic heterocycles. The molecule has 0 bridgehead atoms. The minimum atomic E-state index is -0.105. The van der Waals surface area contributed by atoms with Crippen molar-refractivity contribution in [3.8, 4) is 28.3 Å². The zero-order valence-corrected chi connectivity index (χ0v) is 16.5. The second-order valence-electron chi connectivity index (χ2n) is 6.73. The number of aromatic nitrogens is 2. The van der Waals surface area contributed by atoms with E-state index >= 15 is 0 Å². The molecule has 0 radical (unpaired) electrons. The molecular weight excluding hydrogens is 378 g/mol. The SMILES string of the molecule is COc1ccc(-c2noc(CCC(=O)Nc3ccc(-c4ccccc4)cc3)n2)cc1. The van der Waals surface area contributed by atoms with Crippen LogP contribution in [0.5, 0.6) is 5.75 Å². The lowest BCUT2D eigenvalue weighted by Crippen LogP contribution is -2.12. The summed E-state index contributed by atoms with van der Waals surface area (Å²) in [5.74, 6) is 1.57. The van der Waals surface area contributed by atoms with Gasteiger partial charge in [0.25, 0.3) is 0 Å². The van der Waals surface area contributed by atoms with E-state index in [4.69, 9.17) is 9.26 Å². The second-order valence-corrected chi connectivity index (χ2v) is 6.73. The van der Waals surface area contributed by atoms with Crippen LogP contribution in [-0.2, 0) is 11.2 Å². The fourth-order valence-electron chi connectivity index (χ4n) is 3.03. The van der Waals surface area contributed by atoms with Crippen LogP contribution >= 0.6 is 0 Å². The summed E-state index contributed by atoms with van der Waals surface area (Å²) < 4.78 is 10.4. The molecule has 1 heterocycles. The Morgan fingerprint density at radius 1 is 0.900 bits per heavy atom. The number of carbonyl (C=O) groups excluding carboxylic acids is 1. The van der Waals surface area contributed by atoms with Gasteiger partial charge in [0.1, 0.15) is 5.75 Å². The second kappa shape index (κ2) is 9.05. The highest BCUT2D eigenvalue weighted by molar-refractivity contribution is 5.91. The maximum atomic E-state index is 12.3. The molecule has 0 saturated heterocycles. The van der Waals surface area contributed by atoms with Crippen molar-refractivity contribution in [1.82, 2.24) is 10.1 Å². The number of rotatable bonds is 7. The van der Waals surface area contributed by atoms with Crippen LogP contribution < -0.4 is 10.1 Å². The van der Waals surface area contributed by atoms with Crippen LogP contribution in [0.15, 0.2) is 83.4 Å². The molecule has 0 saturated carbocycles. The first kappa shape index (κ1) is 19.4. The van der Waals surface area contributed by atoms with Gasteiger partial charge in [-0.1, -0.05) is 47.6 Å². The molecule has 0 atom stereocenters. The predicted molar refractivity (Wildman–Crippen MR) is 115 cm³/mol. The molecule has 1 N–H and O–H groups in total. The molecule has 0 unspecified atom stereocenters. The number of methoxy groups -OCH3 is 1. The van der Waals surface area contributed by atoms with Crippen LogP contribution in [0.2, 0.25) is 0 Å². The highest BCUT2D eigenvalue weighted by atomic mass is 16.5. The average Bonchev–Trinajstić information content (AvgIpc) is 3.28. The van der Waals surface area contributed by atoms with Crippen molar-refractivity contribution in [2.24, 2.45) is 0 Å². The van der Waals surface area contributed by atoms with Crippen LogP contribution in [-0.4, -0.2) is 23.2 Å². The summed E-state index contributed by atoms with van der Waals surface area (Å²) in [6.07, 6.45) is 0.627. The third-order valence-corrected chi connectivity index (χ3v) is 4.66. The lowest BCUT2D eigenvalue weighted by Gasteiger charge is -2.06. The number of hydrogen-bond donors (Lipinski definition) is 1. The van der Waals surface area contributed by atoms with Crippen molar-refractivity contribution < 1.29 is 14.1 Å². The van der Waals surface area contributed by atoms with Crippen LogP contribution in [0.1, 0.15) is 12.3 Å². The highest BCUT2D eigenvalue weighted by Gasteiger charge is 2.11. The Kier molecular flexibility index (Phi) is 5.85. The molecule has 6 heteroatoms. The molecule has 0 aliphatic rings. The molecule has 1 amide bonds. The third-order valence-electron chi connectivity index (χ3n) is 4.66. The molecule has 0 fully saturated rings. The van der Waals surface area contributed by atoms with Crippen molar-refractivity contribution >= 4 is 11.6 Å². The van der Waals surface area contributed by atoms with Gasteiger partial charge in [-0.15, -0.1) is 0 Å². The minimum absolute atomic E-state index is 0.105. The largest absolute Gasteiger partial charge is 0.497 e. The molecule has 0 aliphatic carbocycles. The number of nitrogens with zero attached hydrogens (tertiary/aromatic N) is 2. The molecule has 1 aromatic heterocycles. The van der Waals surface area contributed by atoms with E-state index in [9.17, 15) is 4.79 Å². The summed E-state index contributed by atoms with van der Waals surface area (Å²) in [6.45, 7) is 0. The molecule has 0 spiro atoms. The lowest BCUT2D eigenvalue weighted by atomic mass is 10.1. The van der Waals surface area contributed by atoms with Crippen LogP contribution in [0.4, 0.5) is 5.69 Å². The first-order valence-electron chi connectivity index (χ1n) is 9.63. The van der Waals surface area contributed by atoms with Gasteiger partial charge in [0.15, 0.2) is 0 Å². The van der Waals surface area contributed by atoms with Gasteiger partial charge in [-0.25, -0.2) is 0 Å². The van der Waals surface area contributed by atoms with Gasteiger partial charge in [-0.3, -0.25) is 4.79 Å². The Bertz CT molecular complexity index is 1100.